The minimum Gasteiger partial charge on any atom is -0.383 e. The van der Waals surface area contributed by atoms with Gasteiger partial charge in [-0.25, -0.2) is 4.98 Å². The number of anilines is 1. The van der Waals surface area contributed by atoms with Crippen molar-refractivity contribution < 1.29 is 0 Å². The van der Waals surface area contributed by atoms with E-state index in [0.717, 1.165) is 22.2 Å². The number of benzene rings is 1. The van der Waals surface area contributed by atoms with E-state index in [1.54, 1.807) is 11.3 Å². The highest BCUT2D eigenvalue weighted by Crippen LogP contribution is 2.30. The molecule has 2 aromatic heterocycles. The maximum absolute atomic E-state index is 6.11. The Balaban J connectivity index is 2.13. The van der Waals surface area contributed by atoms with E-state index >= 15 is 0 Å². The SMILES string of the molecule is Cc1nc2scc(-c3ccc(C(C)C)cc3)n2c1N. The van der Waals surface area contributed by atoms with E-state index < -0.39 is 0 Å². The summed E-state index contributed by atoms with van der Waals surface area (Å²) >= 11 is 1.63. The largest absolute Gasteiger partial charge is 0.383 e. The monoisotopic (exact) mass is 271 g/mol. The summed E-state index contributed by atoms with van der Waals surface area (Å²) in [6.07, 6.45) is 0. The van der Waals surface area contributed by atoms with Gasteiger partial charge >= 0.3 is 0 Å². The van der Waals surface area contributed by atoms with Crippen LogP contribution in [0.1, 0.15) is 31.0 Å². The van der Waals surface area contributed by atoms with Gasteiger partial charge in [-0.15, -0.1) is 11.3 Å². The van der Waals surface area contributed by atoms with Crippen LogP contribution in [0.4, 0.5) is 5.82 Å². The second kappa shape index (κ2) is 4.38. The summed E-state index contributed by atoms with van der Waals surface area (Å²) in [4.78, 5) is 5.42. The average molecular weight is 271 g/mol. The van der Waals surface area contributed by atoms with Gasteiger partial charge < -0.3 is 5.73 Å². The van der Waals surface area contributed by atoms with Crippen molar-refractivity contribution >= 4 is 22.1 Å². The predicted octanol–water partition coefficient (Wildman–Crippen LogP) is 4.08. The summed E-state index contributed by atoms with van der Waals surface area (Å²) in [5, 5.41) is 2.11. The van der Waals surface area contributed by atoms with E-state index in [-0.39, 0.29) is 0 Å². The van der Waals surface area contributed by atoms with Crippen molar-refractivity contribution in [3.63, 3.8) is 0 Å². The molecule has 0 saturated heterocycles. The average Bonchev–Trinajstić information content (AvgIpc) is 2.92. The van der Waals surface area contributed by atoms with Crippen LogP contribution in [0.2, 0.25) is 0 Å². The highest BCUT2D eigenvalue weighted by atomic mass is 32.1. The Hall–Kier alpha value is -1.81. The van der Waals surface area contributed by atoms with Crippen molar-refractivity contribution in [2.75, 3.05) is 5.73 Å². The number of imidazole rings is 1. The third kappa shape index (κ3) is 1.92. The third-order valence-corrected chi connectivity index (χ3v) is 4.28. The zero-order chi connectivity index (χ0) is 13.6. The number of nitrogen functional groups attached to an aromatic ring is 1. The molecule has 0 aliphatic rings. The van der Waals surface area contributed by atoms with Gasteiger partial charge in [0.15, 0.2) is 4.96 Å². The van der Waals surface area contributed by atoms with Crippen LogP contribution in [0.5, 0.6) is 0 Å². The number of hydrogen-bond acceptors (Lipinski definition) is 3. The van der Waals surface area contributed by atoms with Crippen molar-refractivity contribution in [1.82, 2.24) is 9.38 Å². The van der Waals surface area contributed by atoms with Gasteiger partial charge in [-0.1, -0.05) is 38.1 Å². The lowest BCUT2D eigenvalue weighted by atomic mass is 10.0. The van der Waals surface area contributed by atoms with Gasteiger partial charge in [-0.05, 0) is 24.0 Å². The molecule has 4 heteroatoms. The van der Waals surface area contributed by atoms with E-state index in [9.17, 15) is 0 Å². The van der Waals surface area contributed by atoms with Gasteiger partial charge in [0, 0.05) is 5.38 Å². The quantitative estimate of drug-likeness (QED) is 0.763. The molecule has 0 radical (unpaired) electrons. The van der Waals surface area contributed by atoms with E-state index in [2.05, 4.69) is 48.5 Å². The first-order valence-corrected chi connectivity index (χ1v) is 7.28. The number of thiazole rings is 1. The molecule has 0 aliphatic carbocycles. The Kier molecular flexibility index (Phi) is 2.82. The number of aryl methyl sites for hydroxylation is 1. The van der Waals surface area contributed by atoms with Gasteiger partial charge in [-0.3, -0.25) is 4.40 Å². The van der Waals surface area contributed by atoms with Crippen LogP contribution in [0.3, 0.4) is 0 Å². The summed E-state index contributed by atoms with van der Waals surface area (Å²) in [5.41, 5.74) is 10.7. The van der Waals surface area contributed by atoms with Crippen molar-refractivity contribution in [3.8, 4) is 11.3 Å². The van der Waals surface area contributed by atoms with Crippen LogP contribution in [0.25, 0.3) is 16.2 Å². The molecule has 0 aliphatic heterocycles. The van der Waals surface area contributed by atoms with Crippen molar-refractivity contribution in [1.29, 1.82) is 0 Å². The van der Waals surface area contributed by atoms with Gasteiger partial charge in [0.25, 0.3) is 0 Å². The highest BCUT2D eigenvalue weighted by molar-refractivity contribution is 7.15. The Labute approximate surface area is 116 Å². The smallest absolute Gasteiger partial charge is 0.196 e. The second-order valence-electron chi connectivity index (χ2n) is 5.10. The molecule has 0 atom stereocenters. The molecule has 0 spiro atoms. The molecule has 0 amide bonds. The van der Waals surface area contributed by atoms with Gasteiger partial charge in [0.1, 0.15) is 5.82 Å². The van der Waals surface area contributed by atoms with Gasteiger partial charge in [0.05, 0.1) is 11.4 Å². The van der Waals surface area contributed by atoms with Crippen molar-refractivity contribution in [2.24, 2.45) is 0 Å². The number of hydrogen-bond donors (Lipinski definition) is 1. The Morgan fingerprint density at radius 2 is 1.89 bits per heavy atom. The summed E-state index contributed by atoms with van der Waals surface area (Å²) in [7, 11) is 0. The number of aromatic nitrogens is 2. The van der Waals surface area contributed by atoms with Crippen LogP contribution in [0.15, 0.2) is 29.6 Å². The number of rotatable bonds is 2. The molecule has 2 N–H and O–H groups in total. The highest BCUT2D eigenvalue weighted by Gasteiger charge is 2.12. The Bertz CT molecular complexity index is 720. The molecular weight excluding hydrogens is 254 g/mol. The maximum Gasteiger partial charge on any atom is 0.196 e. The molecule has 19 heavy (non-hydrogen) atoms. The summed E-state index contributed by atoms with van der Waals surface area (Å²) < 4.78 is 2.03. The Morgan fingerprint density at radius 3 is 2.53 bits per heavy atom. The predicted molar refractivity (Wildman–Crippen MR) is 81.7 cm³/mol. The molecule has 2 heterocycles. The van der Waals surface area contributed by atoms with E-state index in [1.807, 2.05) is 11.3 Å². The van der Waals surface area contributed by atoms with Crippen LogP contribution < -0.4 is 5.73 Å². The molecule has 0 saturated carbocycles. The Morgan fingerprint density at radius 1 is 1.21 bits per heavy atom. The molecule has 1 aromatic carbocycles. The molecule has 3 nitrogen and oxygen atoms in total. The molecule has 3 aromatic rings. The normalized spacial score (nSPS) is 11.6. The van der Waals surface area contributed by atoms with Crippen LogP contribution in [0, 0.1) is 6.92 Å². The zero-order valence-electron chi connectivity index (χ0n) is 11.3. The summed E-state index contributed by atoms with van der Waals surface area (Å²) in [6.45, 7) is 6.35. The molecule has 3 rings (SSSR count). The lowest BCUT2D eigenvalue weighted by molar-refractivity contribution is 0.867. The number of nitrogens with two attached hydrogens (primary N) is 1. The number of fused-ring (bicyclic) bond motifs is 1. The summed E-state index contributed by atoms with van der Waals surface area (Å²) in [5.74, 6) is 1.29. The molecule has 98 valence electrons. The summed E-state index contributed by atoms with van der Waals surface area (Å²) in [6, 6.07) is 8.68. The topological polar surface area (TPSA) is 43.3 Å². The molecular formula is C15H17N3S. The molecule has 0 fully saturated rings. The fourth-order valence-electron chi connectivity index (χ4n) is 2.22. The lowest BCUT2D eigenvalue weighted by Crippen LogP contribution is -1.95. The first-order valence-electron chi connectivity index (χ1n) is 6.40. The third-order valence-electron chi connectivity index (χ3n) is 3.46. The van der Waals surface area contributed by atoms with E-state index in [1.165, 1.54) is 11.1 Å². The van der Waals surface area contributed by atoms with Crippen molar-refractivity contribution in [2.45, 2.75) is 26.7 Å². The van der Waals surface area contributed by atoms with Gasteiger partial charge in [-0.2, -0.15) is 0 Å². The lowest BCUT2D eigenvalue weighted by Gasteiger charge is -2.07. The van der Waals surface area contributed by atoms with Crippen LogP contribution >= 0.6 is 11.3 Å². The number of nitrogens with zero attached hydrogens (tertiary/aromatic N) is 2. The first-order chi connectivity index (χ1) is 9.08. The maximum atomic E-state index is 6.11. The van der Waals surface area contributed by atoms with Crippen molar-refractivity contribution in [3.05, 3.63) is 40.9 Å². The van der Waals surface area contributed by atoms with Crippen LogP contribution in [-0.4, -0.2) is 9.38 Å². The molecule has 0 unspecified atom stereocenters. The standard InChI is InChI=1S/C15H17N3S/c1-9(2)11-4-6-12(7-5-11)13-8-19-15-17-10(3)14(16)18(13)15/h4-9H,16H2,1-3H3. The van der Waals surface area contributed by atoms with Gasteiger partial charge in [0.2, 0.25) is 0 Å². The van der Waals surface area contributed by atoms with E-state index in [0.29, 0.717) is 5.92 Å². The fraction of sp³-hybridized carbons (Fsp3) is 0.267. The zero-order valence-corrected chi connectivity index (χ0v) is 12.2. The second-order valence-corrected chi connectivity index (χ2v) is 5.93. The van der Waals surface area contributed by atoms with Crippen LogP contribution in [-0.2, 0) is 0 Å². The fourth-order valence-corrected chi connectivity index (χ4v) is 3.17. The minimum atomic E-state index is 0.553. The first kappa shape index (κ1) is 12.2. The van der Waals surface area contributed by atoms with E-state index in [4.69, 9.17) is 5.73 Å². The molecule has 0 bridgehead atoms. The minimum absolute atomic E-state index is 0.553.